The van der Waals surface area contributed by atoms with Gasteiger partial charge in [-0.05, 0) is 50.6 Å². The maximum Gasteiger partial charge on any atom is 0.514 e. The van der Waals surface area contributed by atoms with Gasteiger partial charge in [0.05, 0.1) is 12.7 Å². The molecule has 0 saturated heterocycles. The molecule has 6 rings (SSSR count). The summed E-state index contributed by atoms with van der Waals surface area (Å²) < 4.78 is 39.8. The van der Waals surface area contributed by atoms with Gasteiger partial charge in [-0.25, -0.2) is 9.59 Å². The summed E-state index contributed by atoms with van der Waals surface area (Å²) in [5.41, 5.74) is 0.430. The van der Waals surface area contributed by atoms with Crippen molar-refractivity contribution in [2.75, 3.05) is 13.2 Å². The maximum absolute atomic E-state index is 13.0. The number of ether oxygens (including phenoxy) is 7. The van der Waals surface area contributed by atoms with Crippen molar-refractivity contribution < 1.29 is 78.5 Å². The summed E-state index contributed by atoms with van der Waals surface area (Å²) in [5, 5.41) is 71.5. The quantitative estimate of drug-likeness (QED) is 0.0570. The second-order valence-corrected chi connectivity index (χ2v) is 14.6. The van der Waals surface area contributed by atoms with E-state index in [0.717, 1.165) is 12.1 Å². The van der Waals surface area contributed by atoms with Crippen molar-refractivity contribution in [2.45, 2.75) is 70.6 Å². The molecule has 2 aliphatic rings. The minimum atomic E-state index is -1.12. The minimum Gasteiger partial charge on any atom is -0.508 e. The van der Waals surface area contributed by atoms with Gasteiger partial charge in [0, 0.05) is 59.7 Å². The molecule has 16 heteroatoms. The van der Waals surface area contributed by atoms with E-state index in [4.69, 9.17) is 33.2 Å². The van der Waals surface area contributed by atoms with E-state index < -0.39 is 54.0 Å². The molecule has 5 unspecified atom stereocenters. The molecule has 0 amide bonds. The number of fused-ring (bicyclic) bond motifs is 2. The fourth-order valence-corrected chi connectivity index (χ4v) is 6.21. The lowest BCUT2D eigenvalue weighted by atomic mass is 9.93. The molecule has 2 aliphatic heterocycles. The second kappa shape index (κ2) is 15.7. The molecular formula is C40H42O16. The summed E-state index contributed by atoms with van der Waals surface area (Å²) in [6, 6.07) is 13.3. The fraction of sp³-hybridized carbons (Fsp3) is 0.350. The first kappa shape index (κ1) is 39.3. The normalized spacial score (nSPS) is 19.2. The van der Waals surface area contributed by atoms with Gasteiger partial charge in [-0.3, -0.25) is 0 Å². The van der Waals surface area contributed by atoms with E-state index in [0.29, 0.717) is 16.7 Å². The highest BCUT2D eigenvalue weighted by Gasteiger charge is 2.37. The monoisotopic (exact) mass is 778 g/mol. The van der Waals surface area contributed by atoms with Crippen LogP contribution in [0.1, 0.15) is 62.2 Å². The van der Waals surface area contributed by atoms with Gasteiger partial charge >= 0.3 is 12.3 Å². The topological polar surface area (TPSA) is 240 Å². The smallest absolute Gasteiger partial charge is 0.508 e. The molecular weight excluding hydrogens is 736 g/mol. The zero-order valence-corrected chi connectivity index (χ0v) is 30.8. The number of carbonyl (C=O) groups is 2. The molecule has 0 fully saturated rings. The van der Waals surface area contributed by atoms with Crippen molar-refractivity contribution in [3.8, 4) is 57.5 Å². The second-order valence-electron chi connectivity index (χ2n) is 14.6. The average molecular weight is 779 g/mol. The first-order chi connectivity index (χ1) is 26.4. The summed E-state index contributed by atoms with van der Waals surface area (Å²) in [7, 11) is 0. The molecule has 0 aliphatic carbocycles. The Morgan fingerprint density at radius 3 is 1.96 bits per heavy atom. The lowest BCUT2D eigenvalue weighted by Gasteiger charge is -2.33. The third-order valence-electron chi connectivity index (χ3n) is 8.82. The number of aliphatic hydroxyl groups excluding tert-OH is 1. The van der Waals surface area contributed by atoms with Crippen LogP contribution in [0.3, 0.4) is 0 Å². The number of aliphatic hydroxyl groups is 1. The molecule has 4 aromatic rings. The van der Waals surface area contributed by atoms with Gasteiger partial charge in [-0.15, -0.1) is 0 Å². The molecule has 2 heterocycles. The number of hydrogen-bond donors (Lipinski definition) is 7. The summed E-state index contributed by atoms with van der Waals surface area (Å²) in [6.45, 7) is 6.48. The molecule has 16 nitrogen and oxygen atoms in total. The van der Waals surface area contributed by atoms with Crippen LogP contribution in [0, 0.1) is 5.92 Å². The molecule has 56 heavy (non-hydrogen) atoms. The Bertz CT molecular complexity index is 2110. The molecule has 0 bridgehead atoms. The number of phenolic OH excluding ortho intramolecular Hbond substituents is 6. The molecule has 0 aromatic heterocycles. The van der Waals surface area contributed by atoms with Crippen molar-refractivity contribution >= 4 is 12.3 Å². The van der Waals surface area contributed by atoms with Crippen molar-refractivity contribution in [1.29, 1.82) is 0 Å². The van der Waals surface area contributed by atoms with E-state index in [9.17, 15) is 45.3 Å². The number of aromatic hydroxyl groups is 6. The fourth-order valence-electron chi connectivity index (χ4n) is 6.21. The number of benzene rings is 4. The van der Waals surface area contributed by atoms with E-state index in [1.54, 1.807) is 33.8 Å². The standard InChI is InChI=1S/C40H42O16/c1-19(18-51-38(48)55-35-16-25-28(45)12-23(42)14-33(25)53-37(35)20-5-7-26(43)29(46)9-20)17-50-31-8-6-21(10-34(31)54-39(49)56-40(2,3)4)36-30(47)15-24-27(44)11-22(41)13-32(24)52-36/h5-14,19,30,35-37,41-47H,15-18H2,1-4H3. The summed E-state index contributed by atoms with van der Waals surface area (Å²) in [5.74, 6) is -1.89. The van der Waals surface area contributed by atoms with E-state index >= 15 is 0 Å². The Labute approximate surface area is 320 Å². The highest BCUT2D eigenvalue weighted by atomic mass is 16.7. The molecule has 0 radical (unpaired) electrons. The van der Waals surface area contributed by atoms with Gasteiger partial charge in [-0.2, -0.15) is 0 Å². The molecule has 7 N–H and O–H groups in total. The number of hydrogen-bond acceptors (Lipinski definition) is 16. The molecule has 4 aromatic carbocycles. The third kappa shape index (κ3) is 9.09. The first-order valence-corrected chi connectivity index (χ1v) is 17.6. The predicted octanol–water partition coefficient (Wildman–Crippen LogP) is 6.18. The van der Waals surface area contributed by atoms with Crippen molar-refractivity contribution in [2.24, 2.45) is 5.92 Å². The van der Waals surface area contributed by atoms with Crippen molar-refractivity contribution in [1.82, 2.24) is 0 Å². The van der Waals surface area contributed by atoms with Crippen LogP contribution < -0.4 is 18.9 Å². The van der Waals surface area contributed by atoms with E-state index in [-0.39, 0.29) is 83.4 Å². The summed E-state index contributed by atoms with van der Waals surface area (Å²) in [4.78, 5) is 25.7. The highest BCUT2D eigenvalue weighted by molar-refractivity contribution is 5.66. The highest BCUT2D eigenvalue weighted by Crippen LogP contribution is 2.45. The Hall–Kier alpha value is -6.42. The van der Waals surface area contributed by atoms with Crippen LogP contribution >= 0.6 is 0 Å². The van der Waals surface area contributed by atoms with E-state index in [1.165, 1.54) is 42.5 Å². The third-order valence-corrected chi connectivity index (χ3v) is 8.82. The van der Waals surface area contributed by atoms with Crippen molar-refractivity contribution in [3.63, 3.8) is 0 Å². The first-order valence-electron chi connectivity index (χ1n) is 17.6. The van der Waals surface area contributed by atoms with Gasteiger partial charge in [0.15, 0.2) is 35.2 Å². The van der Waals surface area contributed by atoms with E-state index in [1.807, 2.05) is 0 Å². The van der Waals surface area contributed by atoms with Gasteiger partial charge in [0.2, 0.25) is 0 Å². The molecule has 0 spiro atoms. The Morgan fingerprint density at radius 2 is 1.32 bits per heavy atom. The molecule has 0 saturated carbocycles. The van der Waals surface area contributed by atoms with Crippen LogP contribution in [0.15, 0.2) is 60.7 Å². The Kier molecular flexibility index (Phi) is 11.0. The lowest BCUT2D eigenvalue weighted by Crippen LogP contribution is -2.35. The zero-order valence-electron chi connectivity index (χ0n) is 30.8. The average Bonchev–Trinajstić information content (AvgIpc) is 3.10. The van der Waals surface area contributed by atoms with Crippen LogP contribution in [0.5, 0.6) is 57.5 Å². The summed E-state index contributed by atoms with van der Waals surface area (Å²) in [6.07, 6.45) is -6.31. The molecule has 298 valence electrons. The maximum atomic E-state index is 13.0. The van der Waals surface area contributed by atoms with Crippen LogP contribution in [0.25, 0.3) is 0 Å². The minimum absolute atomic E-state index is 0.0156. The lowest BCUT2D eigenvalue weighted by molar-refractivity contribution is -0.0368. The Balaban J connectivity index is 1.13. The van der Waals surface area contributed by atoms with Crippen LogP contribution in [0.4, 0.5) is 9.59 Å². The SMILES string of the molecule is CC(COC(=O)OC1Cc2c(O)cc(O)cc2OC1c1ccc(O)c(O)c1)COc1ccc(C2Oc3cc(O)cc(O)c3CC2O)cc1OC(=O)OC(C)(C)C. The van der Waals surface area contributed by atoms with Gasteiger partial charge < -0.3 is 68.9 Å². The van der Waals surface area contributed by atoms with Gasteiger partial charge in [0.25, 0.3) is 0 Å². The Morgan fingerprint density at radius 1 is 0.714 bits per heavy atom. The van der Waals surface area contributed by atoms with Crippen LogP contribution in [-0.4, -0.2) is 79.1 Å². The van der Waals surface area contributed by atoms with Crippen LogP contribution in [0.2, 0.25) is 0 Å². The number of rotatable bonds is 9. The van der Waals surface area contributed by atoms with E-state index in [2.05, 4.69) is 0 Å². The summed E-state index contributed by atoms with van der Waals surface area (Å²) >= 11 is 0. The predicted molar refractivity (Wildman–Crippen MR) is 194 cm³/mol. The van der Waals surface area contributed by atoms with Gasteiger partial charge in [-0.1, -0.05) is 19.1 Å². The number of phenols is 6. The van der Waals surface area contributed by atoms with Crippen molar-refractivity contribution in [3.05, 3.63) is 82.9 Å². The van der Waals surface area contributed by atoms with Crippen LogP contribution in [-0.2, 0) is 27.1 Å². The molecule has 5 atom stereocenters. The largest absolute Gasteiger partial charge is 0.514 e. The number of carbonyl (C=O) groups excluding carboxylic acids is 2. The van der Waals surface area contributed by atoms with Gasteiger partial charge in [0.1, 0.15) is 52.8 Å². The zero-order chi connectivity index (χ0) is 40.5.